The van der Waals surface area contributed by atoms with Gasteiger partial charge in [0, 0.05) is 29.6 Å². The first-order valence-electron chi connectivity index (χ1n) is 7.72. The molecule has 0 bridgehead atoms. The molecule has 0 aliphatic rings. The van der Waals surface area contributed by atoms with Gasteiger partial charge < -0.3 is 10.5 Å². The zero-order valence-corrected chi connectivity index (χ0v) is 13.7. The first-order valence-corrected chi connectivity index (χ1v) is 7.72. The molecule has 0 saturated carbocycles. The number of hydrogen-bond acceptors (Lipinski definition) is 6. The molecule has 4 aromatic rings. The first kappa shape index (κ1) is 15.7. The van der Waals surface area contributed by atoms with Crippen LogP contribution in [0.25, 0.3) is 21.8 Å². The number of amides is 1. The lowest BCUT2D eigenvalue weighted by atomic mass is 10.1. The number of carbonyl (C=O) groups excluding carboxylic acids is 2. The van der Waals surface area contributed by atoms with Gasteiger partial charge in [-0.15, -0.1) is 0 Å². The van der Waals surface area contributed by atoms with Crippen molar-refractivity contribution in [1.29, 1.82) is 0 Å². The summed E-state index contributed by atoms with van der Waals surface area (Å²) in [6, 6.07) is 10.4. The molecule has 2 heterocycles. The predicted molar refractivity (Wildman–Crippen MR) is 94.2 cm³/mol. The van der Waals surface area contributed by atoms with Crippen LogP contribution in [0.15, 0.2) is 42.6 Å². The van der Waals surface area contributed by atoms with Crippen LogP contribution in [-0.2, 0) is 7.05 Å². The van der Waals surface area contributed by atoms with Gasteiger partial charge in [-0.25, -0.2) is 4.98 Å². The van der Waals surface area contributed by atoms with E-state index in [9.17, 15) is 9.59 Å². The smallest absolute Gasteiger partial charge is 0.322 e. The first-order chi connectivity index (χ1) is 12.6. The van der Waals surface area contributed by atoms with E-state index in [4.69, 9.17) is 10.5 Å². The Balaban J connectivity index is 1.86. The third kappa shape index (κ3) is 2.53. The lowest BCUT2D eigenvalue weighted by Gasteiger charge is -2.06. The SMILES string of the molecule is Cn1nc(C(N)=O)c2ccc3cnc(Oc4cccc(C=O)c4)nc3c21. The lowest BCUT2D eigenvalue weighted by Crippen LogP contribution is -2.12. The minimum absolute atomic E-state index is 0.120. The van der Waals surface area contributed by atoms with Crippen LogP contribution >= 0.6 is 0 Å². The average molecular weight is 347 g/mol. The number of hydrogen-bond donors (Lipinski definition) is 1. The maximum absolute atomic E-state index is 11.6. The number of aryl methyl sites for hydroxylation is 1. The Kier molecular flexibility index (Phi) is 3.58. The van der Waals surface area contributed by atoms with Crippen LogP contribution in [-0.4, -0.2) is 31.9 Å². The lowest BCUT2D eigenvalue weighted by molar-refractivity contribution is 0.0996. The molecule has 4 rings (SSSR count). The zero-order chi connectivity index (χ0) is 18.3. The number of benzene rings is 2. The molecule has 128 valence electrons. The van der Waals surface area contributed by atoms with Crippen molar-refractivity contribution in [2.45, 2.75) is 0 Å². The summed E-state index contributed by atoms with van der Waals surface area (Å²) in [7, 11) is 1.71. The Morgan fingerprint density at radius 1 is 1.27 bits per heavy atom. The second kappa shape index (κ2) is 5.92. The molecule has 2 aromatic carbocycles. The Bertz CT molecular complexity index is 1180. The average Bonchev–Trinajstić information content (AvgIpc) is 2.99. The highest BCUT2D eigenvalue weighted by atomic mass is 16.5. The number of nitrogens with two attached hydrogens (primary N) is 1. The van der Waals surface area contributed by atoms with E-state index in [0.29, 0.717) is 27.7 Å². The maximum Gasteiger partial charge on any atom is 0.322 e. The van der Waals surface area contributed by atoms with E-state index in [2.05, 4.69) is 15.1 Å². The molecule has 1 amide bonds. The number of nitrogens with zero attached hydrogens (tertiary/aromatic N) is 4. The van der Waals surface area contributed by atoms with E-state index in [0.717, 1.165) is 11.7 Å². The van der Waals surface area contributed by atoms with Gasteiger partial charge in [0.25, 0.3) is 5.91 Å². The minimum Gasteiger partial charge on any atom is -0.424 e. The fourth-order valence-electron chi connectivity index (χ4n) is 2.83. The summed E-state index contributed by atoms with van der Waals surface area (Å²) >= 11 is 0. The van der Waals surface area contributed by atoms with Crippen LogP contribution in [0.4, 0.5) is 0 Å². The van der Waals surface area contributed by atoms with Gasteiger partial charge in [-0.05, 0) is 18.2 Å². The fraction of sp³-hybridized carbons (Fsp3) is 0.0556. The second-order valence-electron chi connectivity index (χ2n) is 5.68. The van der Waals surface area contributed by atoms with Gasteiger partial charge in [-0.2, -0.15) is 10.1 Å². The summed E-state index contributed by atoms with van der Waals surface area (Å²) in [5.74, 6) is -0.157. The normalized spacial score (nSPS) is 11.0. The van der Waals surface area contributed by atoms with Crippen molar-refractivity contribution in [1.82, 2.24) is 19.7 Å². The zero-order valence-electron chi connectivity index (χ0n) is 13.7. The van der Waals surface area contributed by atoms with E-state index >= 15 is 0 Å². The molecule has 2 aromatic heterocycles. The highest BCUT2D eigenvalue weighted by Gasteiger charge is 2.17. The monoisotopic (exact) mass is 347 g/mol. The van der Waals surface area contributed by atoms with Crippen LogP contribution < -0.4 is 10.5 Å². The van der Waals surface area contributed by atoms with E-state index in [1.807, 2.05) is 0 Å². The van der Waals surface area contributed by atoms with Gasteiger partial charge in [0.2, 0.25) is 0 Å². The van der Waals surface area contributed by atoms with E-state index < -0.39 is 5.91 Å². The van der Waals surface area contributed by atoms with Gasteiger partial charge >= 0.3 is 6.01 Å². The van der Waals surface area contributed by atoms with Crippen LogP contribution in [0.5, 0.6) is 11.8 Å². The van der Waals surface area contributed by atoms with Gasteiger partial charge in [-0.1, -0.05) is 18.2 Å². The van der Waals surface area contributed by atoms with Crippen molar-refractivity contribution in [3.8, 4) is 11.8 Å². The molecule has 8 heteroatoms. The van der Waals surface area contributed by atoms with Gasteiger partial charge in [-0.3, -0.25) is 14.3 Å². The fourth-order valence-corrected chi connectivity index (χ4v) is 2.83. The summed E-state index contributed by atoms with van der Waals surface area (Å²) in [6.07, 6.45) is 2.36. The highest BCUT2D eigenvalue weighted by molar-refractivity contribution is 6.11. The van der Waals surface area contributed by atoms with Crippen molar-refractivity contribution >= 4 is 34.0 Å². The number of ether oxygens (including phenoxy) is 1. The van der Waals surface area contributed by atoms with Crippen LogP contribution in [0.1, 0.15) is 20.8 Å². The molecule has 0 atom stereocenters. The molecule has 0 aliphatic carbocycles. The van der Waals surface area contributed by atoms with Crippen molar-refractivity contribution in [3.63, 3.8) is 0 Å². The molecule has 2 N–H and O–H groups in total. The van der Waals surface area contributed by atoms with Crippen LogP contribution in [0.3, 0.4) is 0 Å². The molecule has 0 saturated heterocycles. The summed E-state index contributed by atoms with van der Waals surface area (Å²) in [5, 5.41) is 5.56. The molecule has 0 spiro atoms. The van der Waals surface area contributed by atoms with E-state index in [1.165, 1.54) is 0 Å². The molecular weight excluding hydrogens is 334 g/mol. The second-order valence-corrected chi connectivity index (χ2v) is 5.68. The maximum atomic E-state index is 11.6. The number of primary amides is 1. The van der Waals surface area contributed by atoms with Gasteiger partial charge in [0.05, 0.1) is 5.52 Å². The quantitative estimate of drug-likeness (QED) is 0.566. The van der Waals surface area contributed by atoms with E-state index in [-0.39, 0.29) is 11.7 Å². The van der Waals surface area contributed by atoms with E-state index in [1.54, 1.807) is 54.3 Å². The summed E-state index contributed by atoms with van der Waals surface area (Å²) in [4.78, 5) is 31.1. The van der Waals surface area contributed by atoms with Crippen molar-refractivity contribution < 1.29 is 14.3 Å². The molecule has 0 unspecified atom stereocenters. The molecule has 0 fully saturated rings. The number of aromatic nitrogens is 4. The summed E-state index contributed by atoms with van der Waals surface area (Å²) in [6.45, 7) is 0. The van der Waals surface area contributed by atoms with Gasteiger partial charge in [0.15, 0.2) is 5.69 Å². The Hall–Kier alpha value is -3.81. The Morgan fingerprint density at radius 2 is 2.12 bits per heavy atom. The van der Waals surface area contributed by atoms with Crippen LogP contribution in [0, 0.1) is 0 Å². The Morgan fingerprint density at radius 3 is 2.88 bits per heavy atom. The van der Waals surface area contributed by atoms with Crippen LogP contribution in [0.2, 0.25) is 0 Å². The number of rotatable bonds is 4. The van der Waals surface area contributed by atoms with Crippen molar-refractivity contribution in [2.24, 2.45) is 12.8 Å². The van der Waals surface area contributed by atoms with Crippen molar-refractivity contribution in [2.75, 3.05) is 0 Å². The standard InChI is InChI=1S/C18H13N5O3/c1-23-16-13(15(22-23)17(19)25)6-5-11-8-20-18(21-14(11)16)26-12-4-2-3-10(7-12)9-24/h2-9H,1H3,(H2,19,25). The Labute approximate surface area is 147 Å². The molecule has 8 nitrogen and oxygen atoms in total. The number of carbonyl (C=O) groups is 2. The number of fused-ring (bicyclic) bond motifs is 3. The largest absolute Gasteiger partial charge is 0.424 e. The third-order valence-electron chi connectivity index (χ3n) is 3.97. The number of aldehydes is 1. The third-order valence-corrected chi connectivity index (χ3v) is 3.97. The molecule has 26 heavy (non-hydrogen) atoms. The molecule has 0 aliphatic heterocycles. The minimum atomic E-state index is -0.605. The van der Waals surface area contributed by atoms with Crippen molar-refractivity contribution in [3.05, 3.63) is 53.9 Å². The topological polar surface area (TPSA) is 113 Å². The predicted octanol–water partition coefficient (Wildman–Crippen LogP) is 2.22. The molecular formula is C18H13N5O3. The summed E-state index contributed by atoms with van der Waals surface area (Å²) < 4.78 is 7.23. The summed E-state index contributed by atoms with van der Waals surface area (Å²) in [5.41, 5.74) is 7.31. The molecule has 0 radical (unpaired) electrons. The highest BCUT2D eigenvalue weighted by Crippen LogP contribution is 2.28. The van der Waals surface area contributed by atoms with Gasteiger partial charge in [0.1, 0.15) is 17.6 Å².